The van der Waals surface area contributed by atoms with E-state index in [1.807, 2.05) is 12.1 Å². The van der Waals surface area contributed by atoms with Gasteiger partial charge in [-0.3, -0.25) is 0 Å². The van der Waals surface area contributed by atoms with Gasteiger partial charge in [-0.1, -0.05) is 37.9 Å². The lowest BCUT2D eigenvalue weighted by molar-refractivity contribution is 0.386. The third-order valence-corrected chi connectivity index (χ3v) is 4.08. The second kappa shape index (κ2) is 7.10. The molecule has 0 fully saturated rings. The first-order valence-electron chi connectivity index (χ1n) is 6.11. The lowest BCUT2D eigenvalue weighted by Crippen LogP contribution is -2.06. The maximum absolute atomic E-state index is 6.51. The van der Waals surface area contributed by atoms with Gasteiger partial charge in [-0.2, -0.15) is 0 Å². The van der Waals surface area contributed by atoms with Crippen molar-refractivity contribution in [2.45, 2.75) is 32.1 Å². The molecule has 0 bridgehead atoms. The molecule has 18 heavy (non-hydrogen) atoms. The summed E-state index contributed by atoms with van der Waals surface area (Å²) in [5.41, 5.74) is 0.922. The number of ether oxygens (including phenoxy) is 2. The minimum absolute atomic E-state index is 0.108. The van der Waals surface area contributed by atoms with Gasteiger partial charge < -0.3 is 9.47 Å². The van der Waals surface area contributed by atoms with Gasteiger partial charge in [0.05, 0.1) is 19.6 Å². The van der Waals surface area contributed by atoms with Crippen LogP contribution < -0.4 is 9.47 Å². The number of alkyl halides is 1. The molecule has 0 saturated heterocycles. The highest BCUT2D eigenvalue weighted by Crippen LogP contribution is 2.44. The number of halogens is 2. The highest BCUT2D eigenvalue weighted by molar-refractivity contribution is 6.34. The maximum Gasteiger partial charge on any atom is 0.145 e. The fourth-order valence-electron chi connectivity index (χ4n) is 2.04. The van der Waals surface area contributed by atoms with Crippen LogP contribution in [0.4, 0.5) is 0 Å². The summed E-state index contributed by atoms with van der Waals surface area (Å²) in [6.07, 6.45) is 2.18. The van der Waals surface area contributed by atoms with Crippen molar-refractivity contribution in [1.29, 1.82) is 0 Å². The van der Waals surface area contributed by atoms with Crippen molar-refractivity contribution in [1.82, 2.24) is 0 Å². The average molecular weight is 291 g/mol. The van der Waals surface area contributed by atoms with E-state index in [1.165, 1.54) is 0 Å². The Morgan fingerprint density at radius 3 is 2.39 bits per heavy atom. The van der Waals surface area contributed by atoms with E-state index in [4.69, 9.17) is 32.7 Å². The van der Waals surface area contributed by atoms with E-state index in [9.17, 15) is 0 Å². The summed E-state index contributed by atoms with van der Waals surface area (Å²) in [5.74, 6) is 1.58. The van der Waals surface area contributed by atoms with E-state index in [2.05, 4.69) is 13.8 Å². The van der Waals surface area contributed by atoms with E-state index in [0.717, 1.165) is 18.4 Å². The number of hydrogen-bond acceptors (Lipinski definition) is 2. The van der Waals surface area contributed by atoms with Crippen molar-refractivity contribution in [3.8, 4) is 11.5 Å². The van der Waals surface area contributed by atoms with E-state index >= 15 is 0 Å². The Morgan fingerprint density at radius 1 is 1.22 bits per heavy atom. The van der Waals surface area contributed by atoms with Crippen LogP contribution in [0.15, 0.2) is 12.1 Å². The Hall–Kier alpha value is -0.600. The fourth-order valence-corrected chi connectivity index (χ4v) is 2.67. The zero-order chi connectivity index (χ0) is 13.7. The molecule has 2 unspecified atom stereocenters. The standard InChI is InChI=1S/C14H20Cl2O2/c1-5-6-9(2)12(15)10-7-8-11(17-3)13(16)14(10)18-4/h7-9,12H,5-6H2,1-4H3. The fraction of sp³-hybridized carbons (Fsp3) is 0.571. The van der Waals surface area contributed by atoms with Gasteiger partial charge in [-0.25, -0.2) is 0 Å². The summed E-state index contributed by atoms with van der Waals surface area (Å²) in [6.45, 7) is 4.29. The maximum atomic E-state index is 6.51. The first kappa shape index (κ1) is 15.5. The van der Waals surface area contributed by atoms with Crippen molar-refractivity contribution in [3.05, 3.63) is 22.7 Å². The Bertz CT molecular complexity index is 394. The van der Waals surface area contributed by atoms with Crippen molar-refractivity contribution in [2.75, 3.05) is 14.2 Å². The van der Waals surface area contributed by atoms with E-state index in [-0.39, 0.29) is 5.38 Å². The van der Waals surface area contributed by atoms with E-state index in [0.29, 0.717) is 22.4 Å². The van der Waals surface area contributed by atoms with Crippen LogP contribution in [0.1, 0.15) is 37.6 Å². The molecule has 0 aliphatic rings. The molecular weight excluding hydrogens is 271 g/mol. The third kappa shape index (κ3) is 3.24. The monoisotopic (exact) mass is 290 g/mol. The number of rotatable bonds is 6. The van der Waals surface area contributed by atoms with Gasteiger partial charge in [0, 0.05) is 5.56 Å². The minimum Gasteiger partial charge on any atom is -0.495 e. The van der Waals surface area contributed by atoms with Crippen LogP contribution in [0.2, 0.25) is 5.02 Å². The zero-order valence-electron chi connectivity index (χ0n) is 11.3. The zero-order valence-corrected chi connectivity index (χ0v) is 12.8. The predicted octanol–water partition coefficient (Wildman–Crippen LogP) is 5.07. The molecular formula is C14H20Cl2O2. The second-order valence-electron chi connectivity index (χ2n) is 4.37. The molecule has 1 aromatic carbocycles. The van der Waals surface area contributed by atoms with Crippen LogP contribution in [0, 0.1) is 5.92 Å². The molecule has 1 aromatic rings. The molecule has 0 heterocycles. The first-order chi connectivity index (χ1) is 8.56. The van der Waals surface area contributed by atoms with E-state index in [1.54, 1.807) is 14.2 Å². The molecule has 2 nitrogen and oxygen atoms in total. The van der Waals surface area contributed by atoms with Gasteiger partial charge in [0.2, 0.25) is 0 Å². The van der Waals surface area contributed by atoms with Crippen LogP contribution in [0.3, 0.4) is 0 Å². The molecule has 0 saturated carbocycles. The molecule has 1 rings (SSSR count). The van der Waals surface area contributed by atoms with Gasteiger partial charge in [0.15, 0.2) is 0 Å². The Balaban J connectivity index is 3.12. The molecule has 0 N–H and O–H groups in total. The molecule has 0 aliphatic heterocycles. The number of methoxy groups -OCH3 is 2. The summed E-state index contributed by atoms with van der Waals surface area (Å²) in [4.78, 5) is 0. The van der Waals surface area contributed by atoms with Crippen LogP contribution in [0.5, 0.6) is 11.5 Å². The Labute approximate surface area is 119 Å². The third-order valence-electron chi connectivity index (χ3n) is 3.06. The molecule has 0 aliphatic carbocycles. The highest BCUT2D eigenvalue weighted by atomic mass is 35.5. The molecule has 0 spiro atoms. The predicted molar refractivity (Wildman–Crippen MR) is 77.2 cm³/mol. The number of hydrogen-bond donors (Lipinski definition) is 0. The van der Waals surface area contributed by atoms with Gasteiger partial charge in [0.1, 0.15) is 16.5 Å². The molecule has 0 amide bonds. The number of benzene rings is 1. The molecule has 2 atom stereocenters. The summed E-state index contributed by atoms with van der Waals surface area (Å²) in [6, 6.07) is 3.75. The topological polar surface area (TPSA) is 18.5 Å². The smallest absolute Gasteiger partial charge is 0.145 e. The summed E-state index contributed by atoms with van der Waals surface area (Å²) >= 11 is 12.7. The van der Waals surface area contributed by atoms with Crippen molar-refractivity contribution >= 4 is 23.2 Å². The van der Waals surface area contributed by atoms with Crippen molar-refractivity contribution in [2.24, 2.45) is 5.92 Å². The highest BCUT2D eigenvalue weighted by Gasteiger charge is 2.23. The van der Waals surface area contributed by atoms with Gasteiger partial charge in [-0.05, 0) is 18.4 Å². The molecule has 0 aromatic heterocycles. The summed E-state index contributed by atoms with van der Waals surface area (Å²) in [5, 5.41) is 0.371. The molecule has 4 heteroatoms. The van der Waals surface area contributed by atoms with Crippen molar-refractivity contribution in [3.63, 3.8) is 0 Å². The Kier molecular flexibility index (Phi) is 6.10. The van der Waals surface area contributed by atoms with Crippen LogP contribution >= 0.6 is 23.2 Å². The van der Waals surface area contributed by atoms with Crippen LogP contribution in [-0.2, 0) is 0 Å². The lowest BCUT2D eigenvalue weighted by Gasteiger charge is -2.21. The van der Waals surface area contributed by atoms with Crippen LogP contribution in [0.25, 0.3) is 0 Å². The molecule has 102 valence electrons. The van der Waals surface area contributed by atoms with Gasteiger partial charge >= 0.3 is 0 Å². The normalized spacial score (nSPS) is 14.1. The van der Waals surface area contributed by atoms with Gasteiger partial charge in [0.25, 0.3) is 0 Å². The Morgan fingerprint density at radius 2 is 1.89 bits per heavy atom. The van der Waals surface area contributed by atoms with Gasteiger partial charge in [-0.15, -0.1) is 11.6 Å². The summed E-state index contributed by atoms with van der Waals surface area (Å²) in [7, 11) is 3.18. The van der Waals surface area contributed by atoms with E-state index < -0.39 is 0 Å². The second-order valence-corrected chi connectivity index (χ2v) is 5.22. The largest absolute Gasteiger partial charge is 0.495 e. The van der Waals surface area contributed by atoms with Crippen LogP contribution in [-0.4, -0.2) is 14.2 Å². The molecule has 0 radical (unpaired) electrons. The quantitative estimate of drug-likeness (QED) is 0.681. The lowest BCUT2D eigenvalue weighted by atomic mass is 9.95. The first-order valence-corrected chi connectivity index (χ1v) is 6.92. The average Bonchev–Trinajstić information content (AvgIpc) is 2.37. The SMILES string of the molecule is CCCC(C)C(Cl)c1ccc(OC)c(Cl)c1OC. The van der Waals surface area contributed by atoms with Crippen molar-refractivity contribution < 1.29 is 9.47 Å². The summed E-state index contributed by atoms with van der Waals surface area (Å²) < 4.78 is 10.5. The minimum atomic E-state index is -0.108.